The number of hydrogen-bond donors (Lipinski definition) is 2. The number of carbonyl (C=O) groups excluding carboxylic acids is 2. The van der Waals surface area contributed by atoms with Gasteiger partial charge in [-0.2, -0.15) is 0 Å². The Morgan fingerprint density at radius 3 is 2.31 bits per heavy atom. The van der Waals surface area contributed by atoms with Crippen molar-refractivity contribution in [2.75, 3.05) is 32.7 Å². The molecule has 26 heavy (non-hydrogen) atoms. The number of amides is 2. The van der Waals surface area contributed by atoms with Crippen LogP contribution in [0.4, 0.5) is 4.39 Å². The maximum Gasteiger partial charge on any atom is 0.275 e. The van der Waals surface area contributed by atoms with Crippen molar-refractivity contribution in [3.05, 3.63) is 71.5 Å². The van der Waals surface area contributed by atoms with Crippen LogP contribution in [0, 0.1) is 5.82 Å². The molecular formula is C20H23FN3O2+. The summed E-state index contributed by atoms with van der Waals surface area (Å²) in [6.45, 7) is 3.58. The van der Waals surface area contributed by atoms with Crippen LogP contribution in [0.2, 0.25) is 0 Å². The fourth-order valence-corrected chi connectivity index (χ4v) is 3.06. The second-order valence-electron chi connectivity index (χ2n) is 6.49. The third-order valence-electron chi connectivity index (χ3n) is 4.59. The van der Waals surface area contributed by atoms with Crippen molar-refractivity contribution in [2.24, 2.45) is 0 Å². The fourth-order valence-electron chi connectivity index (χ4n) is 3.06. The molecule has 1 aliphatic heterocycles. The van der Waals surface area contributed by atoms with Gasteiger partial charge in [0, 0.05) is 12.1 Å². The van der Waals surface area contributed by atoms with E-state index in [2.05, 4.69) is 5.32 Å². The van der Waals surface area contributed by atoms with Gasteiger partial charge in [-0.25, -0.2) is 4.39 Å². The summed E-state index contributed by atoms with van der Waals surface area (Å²) in [5.74, 6) is -0.273. The van der Waals surface area contributed by atoms with Crippen LogP contribution < -0.4 is 10.2 Å². The first kappa shape index (κ1) is 18.1. The smallest absolute Gasteiger partial charge is 0.275 e. The lowest BCUT2D eigenvalue weighted by molar-refractivity contribution is -0.896. The second kappa shape index (κ2) is 8.58. The Morgan fingerprint density at radius 1 is 1.00 bits per heavy atom. The molecule has 0 aliphatic carbocycles. The van der Waals surface area contributed by atoms with E-state index in [9.17, 15) is 14.0 Å². The molecule has 0 bridgehead atoms. The molecule has 5 nitrogen and oxygen atoms in total. The molecule has 3 rings (SSSR count). The minimum Gasteiger partial charge on any atom is -0.347 e. The molecule has 1 saturated heterocycles. The van der Waals surface area contributed by atoms with E-state index in [4.69, 9.17) is 0 Å². The Kier molecular flexibility index (Phi) is 5.96. The predicted molar refractivity (Wildman–Crippen MR) is 96.2 cm³/mol. The predicted octanol–water partition coefficient (Wildman–Crippen LogP) is 0.483. The number of nitrogens with one attached hydrogen (secondary N) is 2. The Morgan fingerprint density at radius 2 is 1.65 bits per heavy atom. The maximum absolute atomic E-state index is 12.9. The summed E-state index contributed by atoms with van der Waals surface area (Å²) in [6, 6.07) is 15.4. The number of rotatable bonds is 5. The summed E-state index contributed by atoms with van der Waals surface area (Å²) >= 11 is 0. The molecule has 2 N–H and O–H groups in total. The lowest BCUT2D eigenvalue weighted by atomic mass is 10.2. The number of carbonyl (C=O) groups is 2. The van der Waals surface area contributed by atoms with Gasteiger partial charge in [0.15, 0.2) is 6.54 Å². The van der Waals surface area contributed by atoms with Gasteiger partial charge in [-0.3, -0.25) is 9.59 Å². The molecule has 136 valence electrons. The van der Waals surface area contributed by atoms with E-state index in [1.165, 1.54) is 17.0 Å². The van der Waals surface area contributed by atoms with E-state index in [0.717, 1.165) is 18.7 Å². The Balaban J connectivity index is 1.41. The van der Waals surface area contributed by atoms with Gasteiger partial charge in [0.25, 0.3) is 11.8 Å². The largest absolute Gasteiger partial charge is 0.347 e. The molecule has 0 spiro atoms. The van der Waals surface area contributed by atoms with Crippen molar-refractivity contribution in [1.29, 1.82) is 0 Å². The van der Waals surface area contributed by atoms with E-state index in [1.807, 2.05) is 35.2 Å². The molecule has 2 aromatic rings. The summed E-state index contributed by atoms with van der Waals surface area (Å²) in [4.78, 5) is 27.5. The van der Waals surface area contributed by atoms with Crippen molar-refractivity contribution in [2.45, 2.75) is 6.54 Å². The summed E-state index contributed by atoms with van der Waals surface area (Å²) < 4.78 is 12.9. The topological polar surface area (TPSA) is 53.9 Å². The van der Waals surface area contributed by atoms with Crippen molar-refractivity contribution in [3.63, 3.8) is 0 Å². The number of piperazine rings is 1. The zero-order valence-electron chi connectivity index (χ0n) is 14.6. The number of quaternary nitrogens is 1. The van der Waals surface area contributed by atoms with Crippen LogP contribution >= 0.6 is 0 Å². The molecule has 1 fully saturated rings. The summed E-state index contributed by atoms with van der Waals surface area (Å²) in [6.07, 6.45) is 0. The van der Waals surface area contributed by atoms with Crippen molar-refractivity contribution in [3.8, 4) is 0 Å². The normalized spacial score (nSPS) is 14.9. The number of hydrogen-bond acceptors (Lipinski definition) is 2. The van der Waals surface area contributed by atoms with Gasteiger partial charge in [-0.1, -0.05) is 30.3 Å². The minimum absolute atomic E-state index is 0.0350. The van der Waals surface area contributed by atoms with Gasteiger partial charge in [0.1, 0.15) is 5.82 Å². The van der Waals surface area contributed by atoms with Gasteiger partial charge >= 0.3 is 0 Å². The van der Waals surface area contributed by atoms with Crippen molar-refractivity contribution >= 4 is 11.8 Å². The van der Waals surface area contributed by atoms with Crippen LogP contribution in [0.25, 0.3) is 0 Å². The van der Waals surface area contributed by atoms with Crippen LogP contribution in [0.15, 0.2) is 54.6 Å². The Bertz CT molecular complexity index is 741. The number of nitrogens with zero attached hydrogens (tertiary/aromatic N) is 1. The zero-order valence-corrected chi connectivity index (χ0v) is 14.6. The molecule has 0 radical (unpaired) electrons. The monoisotopic (exact) mass is 356 g/mol. The number of halogens is 1. The molecule has 0 unspecified atom stereocenters. The Hall–Kier alpha value is -2.73. The van der Waals surface area contributed by atoms with E-state index in [1.54, 1.807) is 12.1 Å². The zero-order chi connectivity index (χ0) is 18.4. The van der Waals surface area contributed by atoms with Crippen LogP contribution in [-0.4, -0.2) is 49.4 Å². The van der Waals surface area contributed by atoms with E-state index >= 15 is 0 Å². The number of benzene rings is 2. The average Bonchev–Trinajstić information content (AvgIpc) is 2.68. The highest BCUT2D eigenvalue weighted by atomic mass is 19.1. The summed E-state index contributed by atoms with van der Waals surface area (Å²) in [5.41, 5.74) is 1.57. The van der Waals surface area contributed by atoms with Crippen LogP contribution in [0.1, 0.15) is 15.9 Å². The SMILES string of the molecule is O=C(C[NH+]1CCN(C(=O)c2ccccc2)CC1)NCc1ccc(F)cc1. The lowest BCUT2D eigenvalue weighted by Crippen LogP contribution is -3.15. The molecular weight excluding hydrogens is 333 g/mol. The highest BCUT2D eigenvalue weighted by molar-refractivity contribution is 5.94. The second-order valence-corrected chi connectivity index (χ2v) is 6.49. The quantitative estimate of drug-likeness (QED) is 0.819. The molecule has 1 aliphatic rings. The summed E-state index contributed by atoms with van der Waals surface area (Å²) in [5, 5.41) is 2.86. The lowest BCUT2D eigenvalue weighted by Gasteiger charge is -2.32. The molecule has 1 heterocycles. The molecule has 0 atom stereocenters. The molecule has 6 heteroatoms. The molecule has 2 aromatic carbocycles. The molecule has 0 saturated carbocycles. The first-order valence-corrected chi connectivity index (χ1v) is 8.81. The standard InChI is InChI=1S/C20H22FN3O2/c21-18-8-6-16(7-9-18)14-22-19(25)15-23-10-12-24(13-11-23)20(26)17-4-2-1-3-5-17/h1-9H,10-15H2,(H,22,25)/p+1. The third kappa shape index (κ3) is 4.89. The average molecular weight is 356 g/mol. The molecule has 2 amide bonds. The highest BCUT2D eigenvalue weighted by Gasteiger charge is 2.25. The highest BCUT2D eigenvalue weighted by Crippen LogP contribution is 2.05. The first-order chi connectivity index (χ1) is 12.6. The third-order valence-corrected chi connectivity index (χ3v) is 4.59. The van der Waals surface area contributed by atoms with Gasteiger partial charge < -0.3 is 15.1 Å². The first-order valence-electron chi connectivity index (χ1n) is 8.81. The van der Waals surface area contributed by atoms with Crippen molar-refractivity contribution < 1.29 is 18.9 Å². The van der Waals surface area contributed by atoms with E-state index in [0.29, 0.717) is 31.7 Å². The Labute approximate surface area is 152 Å². The van der Waals surface area contributed by atoms with Gasteiger partial charge in [0.05, 0.1) is 26.2 Å². The van der Waals surface area contributed by atoms with Gasteiger partial charge in [-0.05, 0) is 29.8 Å². The maximum atomic E-state index is 12.9. The van der Waals surface area contributed by atoms with Crippen LogP contribution in [-0.2, 0) is 11.3 Å². The summed E-state index contributed by atoms with van der Waals surface area (Å²) in [7, 11) is 0. The van der Waals surface area contributed by atoms with Crippen LogP contribution in [0.5, 0.6) is 0 Å². The van der Waals surface area contributed by atoms with Crippen LogP contribution in [0.3, 0.4) is 0 Å². The van der Waals surface area contributed by atoms with E-state index < -0.39 is 0 Å². The van der Waals surface area contributed by atoms with Gasteiger partial charge in [-0.15, -0.1) is 0 Å². The van der Waals surface area contributed by atoms with Crippen molar-refractivity contribution in [1.82, 2.24) is 10.2 Å². The van der Waals surface area contributed by atoms with Gasteiger partial charge in [0.2, 0.25) is 0 Å². The fraction of sp³-hybridized carbons (Fsp3) is 0.300. The minimum atomic E-state index is -0.285. The van der Waals surface area contributed by atoms with E-state index in [-0.39, 0.29) is 17.6 Å². The molecule has 0 aromatic heterocycles.